The Morgan fingerprint density at radius 3 is 2.58 bits per heavy atom. The van der Waals surface area contributed by atoms with E-state index >= 15 is 0 Å². The van der Waals surface area contributed by atoms with Gasteiger partial charge >= 0.3 is 0 Å². The van der Waals surface area contributed by atoms with Gasteiger partial charge in [-0.1, -0.05) is 47.7 Å². The lowest BCUT2D eigenvalue weighted by molar-refractivity contribution is 0.0788. The van der Waals surface area contributed by atoms with Crippen LogP contribution in [0.1, 0.15) is 22.8 Å². The van der Waals surface area contributed by atoms with E-state index in [1.807, 2.05) is 82.5 Å². The predicted molar refractivity (Wildman–Crippen MR) is 119 cm³/mol. The summed E-state index contributed by atoms with van der Waals surface area (Å²) < 4.78 is 1.89. The standard InChI is InChI=1S/C24H22N6O/c31-24(21-8-4-5-9-22(21)26-19-10-13-25-14-11-19)29-15-12-20(16-29)30-17-23(27-28-30)18-6-2-1-3-7-18/h1-11,13-14,17,20H,12,15-16H2,(H,25,26)/t20-/m1/s1. The Kier molecular flexibility index (Phi) is 5.14. The van der Waals surface area contributed by atoms with E-state index in [0.29, 0.717) is 18.7 Å². The number of nitrogens with one attached hydrogen (secondary N) is 1. The number of amides is 1. The molecular formula is C24H22N6O. The first-order chi connectivity index (χ1) is 15.3. The average molecular weight is 410 g/mol. The number of hydrogen-bond acceptors (Lipinski definition) is 5. The van der Waals surface area contributed by atoms with Crippen LogP contribution in [0, 0.1) is 0 Å². The van der Waals surface area contributed by atoms with Crippen molar-refractivity contribution in [3.05, 3.63) is 90.9 Å². The van der Waals surface area contributed by atoms with Crippen LogP contribution in [0.15, 0.2) is 85.3 Å². The molecule has 0 radical (unpaired) electrons. The maximum Gasteiger partial charge on any atom is 0.256 e. The minimum absolute atomic E-state index is 0.0167. The second-order valence-electron chi connectivity index (χ2n) is 7.55. The molecule has 0 unspecified atom stereocenters. The Labute approximate surface area is 180 Å². The minimum Gasteiger partial charge on any atom is -0.355 e. The molecule has 0 bridgehead atoms. The van der Waals surface area contributed by atoms with Gasteiger partial charge in [-0.15, -0.1) is 5.10 Å². The summed E-state index contributed by atoms with van der Waals surface area (Å²) in [5.41, 5.74) is 4.22. The lowest BCUT2D eigenvalue weighted by atomic mass is 10.1. The molecule has 3 heterocycles. The molecule has 0 spiro atoms. The van der Waals surface area contributed by atoms with Crippen molar-refractivity contribution in [2.24, 2.45) is 0 Å². The van der Waals surface area contributed by atoms with Gasteiger partial charge in [0, 0.05) is 36.7 Å². The van der Waals surface area contributed by atoms with Gasteiger partial charge in [0.2, 0.25) is 0 Å². The van der Waals surface area contributed by atoms with Gasteiger partial charge in [-0.3, -0.25) is 9.78 Å². The van der Waals surface area contributed by atoms with Crippen LogP contribution in [0.4, 0.5) is 11.4 Å². The third kappa shape index (κ3) is 4.02. The van der Waals surface area contributed by atoms with E-state index in [2.05, 4.69) is 20.6 Å². The summed E-state index contributed by atoms with van der Waals surface area (Å²) >= 11 is 0. The fraction of sp³-hybridized carbons (Fsp3) is 0.167. The quantitative estimate of drug-likeness (QED) is 0.534. The third-order valence-electron chi connectivity index (χ3n) is 5.52. The monoisotopic (exact) mass is 410 g/mol. The summed E-state index contributed by atoms with van der Waals surface area (Å²) in [5, 5.41) is 12.0. The number of aromatic nitrogens is 4. The molecule has 31 heavy (non-hydrogen) atoms. The lowest BCUT2D eigenvalue weighted by Crippen LogP contribution is -2.29. The van der Waals surface area contributed by atoms with Gasteiger partial charge in [-0.25, -0.2) is 4.68 Å². The van der Waals surface area contributed by atoms with Gasteiger partial charge < -0.3 is 10.2 Å². The summed E-state index contributed by atoms with van der Waals surface area (Å²) in [5.74, 6) is 0.0167. The minimum atomic E-state index is 0.0167. The second kappa shape index (κ2) is 8.39. The van der Waals surface area contributed by atoms with E-state index in [-0.39, 0.29) is 11.9 Å². The highest BCUT2D eigenvalue weighted by molar-refractivity contribution is 6.00. The zero-order chi connectivity index (χ0) is 21.0. The number of likely N-dealkylation sites (tertiary alicyclic amines) is 1. The number of rotatable bonds is 5. The topological polar surface area (TPSA) is 75.9 Å². The molecule has 2 aromatic carbocycles. The first-order valence-electron chi connectivity index (χ1n) is 10.3. The number of nitrogens with zero attached hydrogens (tertiary/aromatic N) is 5. The Morgan fingerprint density at radius 1 is 0.968 bits per heavy atom. The SMILES string of the molecule is O=C(c1ccccc1Nc1ccncc1)N1CC[C@@H](n2cc(-c3ccccc3)nn2)C1. The molecule has 154 valence electrons. The molecule has 1 aliphatic heterocycles. The largest absolute Gasteiger partial charge is 0.355 e. The summed E-state index contributed by atoms with van der Waals surface area (Å²) in [4.78, 5) is 19.2. The molecule has 7 nitrogen and oxygen atoms in total. The molecule has 4 aromatic rings. The number of hydrogen-bond donors (Lipinski definition) is 1. The first-order valence-corrected chi connectivity index (χ1v) is 10.3. The van der Waals surface area contributed by atoms with E-state index in [4.69, 9.17) is 0 Å². The fourth-order valence-electron chi connectivity index (χ4n) is 3.88. The fourth-order valence-corrected chi connectivity index (χ4v) is 3.88. The molecule has 1 aliphatic rings. The smallest absolute Gasteiger partial charge is 0.256 e. The van der Waals surface area contributed by atoms with E-state index in [0.717, 1.165) is 29.1 Å². The van der Waals surface area contributed by atoms with E-state index in [1.165, 1.54) is 0 Å². The summed E-state index contributed by atoms with van der Waals surface area (Å²) in [6, 6.07) is 21.5. The van der Waals surface area contributed by atoms with Crippen molar-refractivity contribution in [2.45, 2.75) is 12.5 Å². The summed E-state index contributed by atoms with van der Waals surface area (Å²) in [6.07, 6.45) is 6.26. The molecule has 1 atom stereocenters. The zero-order valence-electron chi connectivity index (χ0n) is 16.9. The van der Waals surface area contributed by atoms with Crippen molar-refractivity contribution < 1.29 is 4.79 Å². The number of pyridine rings is 1. The van der Waals surface area contributed by atoms with Crippen LogP contribution in [0.25, 0.3) is 11.3 Å². The van der Waals surface area contributed by atoms with Crippen molar-refractivity contribution in [2.75, 3.05) is 18.4 Å². The molecule has 1 amide bonds. The van der Waals surface area contributed by atoms with Crippen molar-refractivity contribution in [3.63, 3.8) is 0 Å². The molecule has 2 aromatic heterocycles. The summed E-state index contributed by atoms with van der Waals surface area (Å²) in [7, 11) is 0. The Morgan fingerprint density at radius 2 is 1.74 bits per heavy atom. The number of carbonyl (C=O) groups excluding carboxylic acids is 1. The van der Waals surface area contributed by atoms with Crippen LogP contribution >= 0.6 is 0 Å². The van der Waals surface area contributed by atoms with Crippen LogP contribution in [0.2, 0.25) is 0 Å². The number of para-hydroxylation sites is 1. The van der Waals surface area contributed by atoms with Gasteiger partial charge in [0.15, 0.2) is 0 Å². The molecule has 1 fully saturated rings. The maximum absolute atomic E-state index is 13.3. The van der Waals surface area contributed by atoms with Crippen LogP contribution in [0.3, 0.4) is 0 Å². The van der Waals surface area contributed by atoms with E-state index < -0.39 is 0 Å². The maximum atomic E-state index is 13.3. The van der Waals surface area contributed by atoms with E-state index in [9.17, 15) is 4.79 Å². The lowest BCUT2D eigenvalue weighted by Gasteiger charge is -2.19. The summed E-state index contributed by atoms with van der Waals surface area (Å²) in [6.45, 7) is 1.30. The van der Waals surface area contributed by atoms with Gasteiger partial charge in [-0.2, -0.15) is 0 Å². The molecule has 7 heteroatoms. The van der Waals surface area contributed by atoms with Gasteiger partial charge in [0.05, 0.1) is 23.5 Å². The van der Waals surface area contributed by atoms with Gasteiger partial charge in [-0.05, 0) is 30.7 Å². The van der Waals surface area contributed by atoms with Crippen LogP contribution in [-0.2, 0) is 0 Å². The van der Waals surface area contributed by atoms with Crippen LogP contribution < -0.4 is 5.32 Å². The highest BCUT2D eigenvalue weighted by atomic mass is 16.2. The molecule has 5 rings (SSSR count). The van der Waals surface area contributed by atoms with Crippen molar-refractivity contribution >= 4 is 17.3 Å². The normalized spacial score (nSPS) is 15.7. The molecule has 1 N–H and O–H groups in total. The highest BCUT2D eigenvalue weighted by Gasteiger charge is 2.30. The van der Waals surface area contributed by atoms with Gasteiger partial charge in [0.1, 0.15) is 5.69 Å². The average Bonchev–Trinajstić information content (AvgIpc) is 3.50. The molecular weight excluding hydrogens is 388 g/mol. The molecule has 0 aliphatic carbocycles. The second-order valence-corrected chi connectivity index (χ2v) is 7.55. The van der Waals surface area contributed by atoms with Crippen LogP contribution in [-0.4, -0.2) is 43.9 Å². The number of anilines is 2. The number of benzene rings is 2. The Bertz CT molecular complexity index is 1170. The van der Waals surface area contributed by atoms with E-state index in [1.54, 1.807) is 12.4 Å². The highest BCUT2D eigenvalue weighted by Crippen LogP contribution is 2.27. The van der Waals surface area contributed by atoms with Crippen molar-refractivity contribution in [1.29, 1.82) is 0 Å². The van der Waals surface area contributed by atoms with Crippen molar-refractivity contribution in [1.82, 2.24) is 24.9 Å². The Hall–Kier alpha value is -4.00. The van der Waals surface area contributed by atoms with Gasteiger partial charge in [0.25, 0.3) is 5.91 Å². The third-order valence-corrected chi connectivity index (χ3v) is 5.52. The zero-order valence-corrected chi connectivity index (χ0v) is 16.9. The first kappa shape index (κ1) is 19.0. The number of carbonyl (C=O) groups is 1. The predicted octanol–water partition coefficient (Wildman–Crippen LogP) is 4.17. The molecule has 0 saturated carbocycles. The van der Waals surface area contributed by atoms with Crippen LogP contribution in [0.5, 0.6) is 0 Å². The molecule has 1 saturated heterocycles. The van der Waals surface area contributed by atoms with Crippen molar-refractivity contribution in [3.8, 4) is 11.3 Å². The Balaban J connectivity index is 1.31.